The Bertz CT molecular complexity index is 174. The molecule has 0 aromatic carbocycles. The highest BCUT2D eigenvalue weighted by atomic mass is 32.2. The number of hydrogen-bond acceptors (Lipinski definition) is 3. The maximum absolute atomic E-state index is 11.0. The zero-order valence-electron chi connectivity index (χ0n) is 8.26. The van der Waals surface area contributed by atoms with Crippen LogP contribution in [0.2, 0.25) is 0 Å². The first-order valence-corrected chi connectivity index (χ1v) is 6.11. The van der Waals surface area contributed by atoms with E-state index in [0.29, 0.717) is 25.3 Å². The molecule has 1 atom stereocenters. The maximum atomic E-state index is 11.0. The summed E-state index contributed by atoms with van der Waals surface area (Å²) in [5.41, 5.74) is 0. The average molecular weight is 206 g/mol. The fourth-order valence-electron chi connectivity index (χ4n) is 0.830. The fourth-order valence-corrected chi connectivity index (χ4v) is 1.38. The van der Waals surface area contributed by atoms with Gasteiger partial charge in [-0.1, -0.05) is 0 Å². The van der Waals surface area contributed by atoms with Gasteiger partial charge in [0.1, 0.15) is 0 Å². The van der Waals surface area contributed by atoms with E-state index in [0.717, 1.165) is 6.42 Å². The lowest BCUT2D eigenvalue weighted by molar-refractivity contribution is -0.120. The Balaban J connectivity index is 3.22. The van der Waals surface area contributed by atoms with Crippen molar-refractivity contribution >= 4 is 16.7 Å². The number of amides is 1. The van der Waals surface area contributed by atoms with Crippen molar-refractivity contribution in [2.75, 3.05) is 32.1 Å². The molecule has 4 nitrogen and oxygen atoms in total. The normalized spacial score (nSPS) is 12.5. The second-order valence-corrected chi connectivity index (χ2v) is 4.39. The Hall–Kier alpha value is -0.420. The predicted octanol–water partition coefficient (Wildman–Crippen LogP) is -0.519. The third-order valence-corrected chi connectivity index (χ3v) is 2.40. The van der Waals surface area contributed by atoms with E-state index in [1.807, 2.05) is 7.05 Å². The Morgan fingerprint density at radius 2 is 2.08 bits per heavy atom. The molecular formula is C8H18N2O2S. The molecule has 0 heterocycles. The molecule has 0 aliphatic heterocycles. The first-order valence-electron chi connectivity index (χ1n) is 4.38. The van der Waals surface area contributed by atoms with Gasteiger partial charge in [0.05, 0.1) is 0 Å². The molecule has 0 aliphatic rings. The first-order chi connectivity index (χ1) is 6.16. The molecule has 5 heteroatoms. The van der Waals surface area contributed by atoms with Gasteiger partial charge in [0.2, 0.25) is 5.91 Å². The highest BCUT2D eigenvalue weighted by Gasteiger charge is 1.98. The van der Waals surface area contributed by atoms with Crippen molar-refractivity contribution in [3.05, 3.63) is 0 Å². The number of hydrogen-bond donors (Lipinski definition) is 2. The van der Waals surface area contributed by atoms with Crippen LogP contribution >= 0.6 is 0 Å². The monoisotopic (exact) mass is 206 g/mol. The molecule has 0 saturated carbocycles. The van der Waals surface area contributed by atoms with E-state index in [9.17, 15) is 9.00 Å². The van der Waals surface area contributed by atoms with Crippen molar-refractivity contribution < 1.29 is 9.00 Å². The predicted molar refractivity (Wildman–Crippen MR) is 55.1 cm³/mol. The summed E-state index contributed by atoms with van der Waals surface area (Å²) in [5.74, 6) is 0.711. The minimum absolute atomic E-state index is 0.0521. The van der Waals surface area contributed by atoms with Crippen LogP contribution < -0.4 is 10.6 Å². The summed E-state index contributed by atoms with van der Waals surface area (Å²) < 4.78 is 10.6. The molecule has 0 aromatic rings. The van der Waals surface area contributed by atoms with E-state index in [2.05, 4.69) is 10.6 Å². The zero-order chi connectivity index (χ0) is 10.1. The molecule has 0 spiro atoms. The molecule has 0 aliphatic carbocycles. The second kappa shape index (κ2) is 8.19. The van der Waals surface area contributed by atoms with Crippen LogP contribution in [0.15, 0.2) is 0 Å². The van der Waals surface area contributed by atoms with Crippen molar-refractivity contribution in [1.29, 1.82) is 0 Å². The van der Waals surface area contributed by atoms with Gasteiger partial charge < -0.3 is 10.6 Å². The van der Waals surface area contributed by atoms with E-state index < -0.39 is 10.8 Å². The highest BCUT2D eigenvalue weighted by Crippen LogP contribution is 1.83. The van der Waals surface area contributed by atoms with Gasteiger partial charge in [-0.25, -0.2) is 0 Å². The van der Waals surface area contributed by atoms with Crippen molar-refractivity contribution in [2.45, 2.75) is 12.8 Å². The smallest absolute Gasteiger partial charge is 0.221 e. The standard InChI is InChI=1S/C8H18N2O2S/c1-9-6-4-8(11)10-5-3-7-13(2)12/h9H,3-7H2,1-2H3,(H,10,11). The summed E-state index contributed by atoms with van der Waals surface area (Å²) in [5, 5.41) is 5.66. The minimum Gasteiger partial charge on any atom is -0.356 e. The average Bonchev–Trinajstić information content (AvgIpc) is 2.08. The lowest BCUT2D eigenvalue weighted by Crippen LogP contribution is -2.27. The molecule has 0 rings (SSSR count). The second-order valence-electron chi connectivity index (χ2n) is 2.83. The third-order valence-electron chi connectivity index (χ3n) is 1.53. The van der Waals surface area contributed by atoms with Gasteiger partial charge in [-0.05, 0) is 13.5 Å². The molecular weight excluding hydrogens is 188 g/mol. The van der Waals surface area contributed by atoms with Crippen LogP contribution in [0.4, 0.5) is 0 Å². The molecule has 13 heavy (non-hydrogen) atoms. The number of rotatable bonds is 7. The van der Waals surface area contributed by atoms with Gasteiger partial charge in [-0.2, -0.15) is 0 Å². The van der Waals surface area contributed by atoms with E-state index >= 15 is 0 Å². The summed E-state index contributed by atoms with van der Waals surface area (Å²) in [6, 6.07) is 0. The SMILES string of the molecule is CNCCC(=O)NCCCS(C)=O. The molecule has 0 bridgehead atoms. The van der Waals surface area contributed by atoms with E-state index in [-0.39, 0.29) is 5.91 Å². The lowest BCUT2D eigenvalue weighted by Gasteiger charge is -2.03. The number of nitrogens with one attached hydrogen (secondary N) is 2. The van der Waals surface area contributed by atoms with Crippen LogP contribution in [-0.2, 0) is 15.6 Å². The minimum atomic E-state index is -0.749. The van der Waals surface area contributed by atoms with Gasteiger partial charge in [0, 0.05) is 42.3 Å². The van der Waals surface area contributed by atoms with Gasteiger partial charge in [-0.3, -0.25) is 9.00 Å². The van der Waals surface area contributed by atoms with Gasteiger partial charge in [-0.15, -0.1) is 0 Å². The molecule has 1 unspecified atom stereocenters. The lowest BCUT2D eigenvalue weighted by atomic mass is 10.4. The van der Waals surface area contributed by atoms with E-state index in [1.165, 1.54) is 0 Å². The van der Waals surface area contributed by atoms with Crippen LogP contribution in [0.3, 0.4) is 0 Å². The Kier molecular flexibility index (Phi) is 7.93. The van der Waals surface area contributed by atoms with Gasteiger partial charge in [0.25, 0.3) is 0 Å². The van der Waals surface area contributed by atoms with Crippen LogP contribution in [0, 0.1) is 0 Å². The highest BCUT2D eigenvalue weighted by molar-refractivity contribution is 7.84. The summed E-state index contributed by atoms with van der Waals surface area (Å²) in [6.07, 6.45) is 2.96. The first kappa shape index (κ1) is 12.6. The van der Waals surface area contributed by atoms with Gasteiger partial charge in [0.15, 0.2) is 0 Å². The quantitative estimate of drug-likeness (QED) is 0.551. The molecule has 78 valence electrons. The van der Waals surface area contributed by atoms with Crippen LogP contribution in [0.25, 0.3) is 0 Å². The topological polar surface area (TPSA) is 58.2 Å². The van der Waals surface area contributed by atoms with Crippen LogP contribution in [0.1, 0.15) is 12.8 Å². The van der Waals surface area contributed by atoms with Crippen LogP contribution in [-0.4, -0.2) is 42.3 Å². The van der Waals surface area contributed by atoms with Crippen LogP contribution in [0.5, 0.6) is 0 Å². The summed E-state index contributed by atoms with van der Waals surface area (Å²) in [4.78, 5) is 11.0. The number of carbonyl (C=O) groups excluding carboxylic acids is 1. The van der Waals surface area contributed by atoms with Crippen molar-refractivity contribution in [3.63, 3.8) is 0 Å². The summed E-state index contributed by atoms with van der Waals surface area (Å²) in [6.45, 7) is 1.33. The molecule has 0 radical (unpaired) electrons. The van der Waals surface area contributed by atoms with Crippen molar-refractivity contribution in [3.8, 4) is 0 Å². The third kappa shape index (κ3) is 9.49. The Morgan fingerprint density at radius 1 is 1.38 bits per heavy atom. The van der Waals surface area contributed by atoms with Crippen molar-refractivity contribution in [1.82, 2.24) is 10.6 Å². The molecule has 0 saturated heterocycles. The van der Waals surface area contributed by atoms with E-state index in [1.54, 1.807) is 6.26 Å². The molecule has 2 N–H and O–H groups in total. The summed E-state index contributed by atoms with van der Waals surface area (Å²) >= 11 is 0. The Labute approximate surface area is 81.9 Å². The molecule has 0 fully saturated rings. The summed E-state index contributed by atoms with van der Waals surface area (Å²) in [7, 11) is 1.06. The van der Waals surface area contributed by atoms with Crippen molar-refractivity contribution in [2.24, 2.45) is 0 Å². The van der Waals surface area contributed by atoms with E-state index in [4.69, 9.17) is 0 Å². The molecule has 1 amide bonds. The molecule has 0 aromatic heterocycles. The largest absolute Gasteiger partial charge is 0.356 e. The number of carbonyl (C=O) groups is 1. The van der Waals surface area contributed by atoms with Gasteiger partial charge >= 0.3 is 0 Å². The Morgan fingerprint density at radius 3 is 2.62 bits per heavy atom. The zero-order valence-corrected chi connectivity index (χ0v) is 9.08. The maximum Gasteiger partial charge on any atom is 0.221 e. The fraction of sp³-hybridized carbons (Fsp3) is 0.875.